The zero-order valence-corrected chi connectivity index (χ0v) is 10.4. The van der Waals surface area contributed by atoms with Crippen molar-refractivity contribution in [1.82, 2.24) is 5.32 Å². The Morgan fingerprint density at radius 3 is 2.50 bits per heavy atom. The standard InChI is InChI=1S/C13H26N2O/c1-10-4-6-13(16,7-5-10)9-15-12-3-2-11(14)8-12/h10-12,15-16H,2-9,14H2,1H3. The van der Waals surface area contributed by atoms with Crippen molar-refractivity contribution in [3.63, 3.8) is 0 Å². The van der Waals surface area contributed by atoms with E-state index in [0.29, 0.717) is 12.1 Å². The number of hydrogen-bond acceptors (Lipinski definition) is 3. The number of aliphatic hydroxyl groups is 1. The minimum Gasteiger partial charge on any atom is -0.389 e. The lowest BCUT2D eigenvalue weighted by Crippen LogP contribution is -2.46. The van der Waals surface area contributed by atoms with E-state index in [2.05, 4.69) is 12.2 Å². The van der Waals surface area contributed by atoms with E-state index < -0.39 is 5.60 Å². The molecule has 3 nitrogen and oxygen atoms in total. The molecule has 0 spiro atoms. The zero-order chi connectivity index (χ0) is 11.6. The lowest BCUT2D eigenvalue weighted by molar-refractivity contribution is -0.00804. The van der Waals surface area contributed by atoms with E-state index in [1.807, 2.05) is 0 Å². The van der Waals surface area contributed by atoms with Gasteiger partial charge in [0.1, 0.15) is 0 Å². The summed E-state index contributed by atoms with van der Waals surface area (Å²) in [6, 6.07) is 0.914. The van der Waals surface area contributed by atoms with Crippen LogP contribution in [0, 0.1) is 5.92 Å². The van der Waals surface area contributed by atoms with Gasteiger partial charge in [-0.15, -0.1) is 0 Å². The van der Waals surface area contributed by atoms with Gasteiger partial charge in [0.25, 0.3) is 0 Å². The second kappa shape index (κ2) is 5.03. The van der Waals surface area contributed by atoms with Crippen LogP contribution in [0.5, 0.6) is 0 Å². The van der Waals surface area contributed by atoms with Crippen LogP contribution in [0.2, 0.25) is 0 Å². The molecule has 0 heterocycles. The molecule has 0 aliphatic heterocycles. The fraction of sp³-hybridized carbons (Fsp3) is 1.00. The lowest BCUT2D eigenvalue weighted by Gasteiger charge is -2.36. The van der Waals surface area contributed by atoms with E-state index in [1.165, 1.54) is 19.3 Å². The summed E-state index contributed by atoms with van der Waals surface area (Å²) >= 11 is 0. The molecule has 0 radical (unpaired) electrons. The van der Waals surface area contributed by atoms with Crippen LogP contribution < -0.4 is 11.1 Å². The molecule has 2 aliphatic rings. The van der Waals surface area contributed by atoms with Crippen molar-refractivity contribution in [1.29, 1.82) is 0 Å². The van der Waals surface area contributed by atoms with Crippen molar-refractivity contribution >= 4 is 0 Å². The molecule has 2 atom stereocenters. The highest BCUT2D eigenvalue weighted by molar-refractivity contribution is 4.90. The minimum atomic E-state index is -0.445. The third-order valence-electron chi connectivity index (χ3n) is 4.40. The number of hydrogen-bond donors (Lipinski definition) is 3. The maximum Gasteiger partial charge on any atom is 0.0771 e. The second-order valence-electron chi connectivity index (χ2n) is 6.06. The Morgan fingerprint density at radius 1 is 1.25 bits per heavy atom. The van der Waals surface area contributed by atoms with E-state index in [0.717, 1.165) is 38.1 Å². The number of nitrogens with one attached hydrogen (secondary N) is 1. The van der Waals surface area contributed by atoms with Gasteiger partial charge >= 0.3 is 0 Å². The van der Waals surface area contributed by atoms with Crippen molar-refractivity contribution in [3.05, 3.63) is 0 Å². The quantitative estimate of drug-likeness (QED) is 0.682. The summed E-state index contributed by atoms with van der Waals surface area (Å²) in [5.41, 5.74) is 5.44. The van der Waals surface area contributed by atoms with E-state index in [9.17, 15) is 5.11 Å². The van der Waals surface area contributed by atoms with Crippen LogP contribution in [-0.4, -0.2) is 29.3 Å². The van der Waals surface area contributed by atoms with Crippen LogP contribution in [0.3, 0.4) is 0 Å². The highest BCUT2D eigenvalue weighted by Crippen LogP contribution is 2.31. The van der Waals surface area contributed by atoms with E-state index in [4.69, 9.17) is 5.73 Å². The predicted molar refractivity (Wildman–Crippen MR) is 66.2 cm³/mol. The first-order valence-corrected chi connectivity index (χ1v) is 6.79. The molecule has 0 aromatic heterocycles. The average Bonchev–Trinajstić information content (AvgIpc) is 2.67. The first kappa shape index (κ1) is 12.3. The molecule has 0 aromatic carbocycles. The van der Waals surface area contributed by atoms with Crippen molar-refractivity contribution in [2.45, 2.75) is 69.6 Å². The fourth-order valence-corrected chi connectivity index (χ4v) is 3.01. The van der Waals surface area contributed by atoms with Gasteiger partial charge in [-0.3, -0.25) is 0 Å². The van der Waals surface area contributed by atoms with Crippen molar-refractivity contribution < 1.29 is 5.11 Å². The number of rotatable bonds is 3. The summed E-state index contributed by atoms with van der Waals surface area (Å²) in [6.07, 6.45) is 7.64. The van der Waals surface area contributed by atoms with E-state index in [-0.39, 0.29) is 0 Å². The van der Waals surface area contributed by atoms with Crippen LogP contribution in [0.1, 0.15) is 51.9 Å². The van der Waals surface area contributed by atoms with Crippen molar-refractivity contribution in [3.8, 4) is 0 Å². The normalized spacial score (nSPS) is 44.8. The average molecular weight is 226 g/mol. The van der Waals surface area contributed by atoms with Crippen molar-refractivity contribution in [2.75, 3.05) is 6.54 Å². The molecule has 2 aliphatic carbocycles. The van der Waals surface area contributed by atoms with Crippen molar-refractivity contribution in [2.24, 2.45) is 11.7 Å². The van der Waals surface area contributed by atoms with Crippen LogP contribution >= 0.6 is 0 Å². The maximum absolute atomic E-state index is 10.4. The molecule has 0 bridgehead atoms. The Balaban J connectivity index is 1.72. The van der Waals surface area contributed by atoms with Crippen LogP contribution in [0.25, 0.3) is 0 Å². The lowest BCUT2D eigenvalue weighted by atomic mass is 9.79. The molecule has 0 saturated heterocycles. The van der Waals surface area contributed by atoms with Gasteiger partial charge in [-0.2, -0.15) is 0 Å². The molecule has 2 fully saturated rings. The molecule has 2 rings (SSSR count). The third kappa shape index (κ3) is 3.19. The first-order chi connectivity index (χ1) is 7.57. The highest BCUT2D eigenvalue weighted by atomic mass is 16.3. The molecule has 0 amide bonds. The first-order valence-electron chi connectivity index (χ1n) is 6.79. The summed E-state index contributed by atoms with van der Waals surface area (Å²) in [4.78, 5) is 0. The summed E-state index contributed by atoms with van der Waals surface area (Å²) in [5.74, 6) is 0.792. The Hall–Kier alpha value is -0.120. The molecule has 2 unspecified atom stereocenters. The Kier molecular flexibility index (Phi) is 3.88. The van der Waals surface area contributed by atoms with Gasteiger partial charge in [0.2, 0.25) is 0 Å². The van der Waals surface area contributed by atoms with Gasteiger partial charge in [-0.05, 0) is 50.9 Å². The molecule has 94 valence electrons. The van der Waals surface area contributed by atoms with Gasteiger partial charge in [0.05, 0.1) is 5.60 Å². The summed E-state index contributed by atoms with van der Waals surface area (Å²) in [6.45, 7) is 3.04. The van der Waals surface area contributed by atoms with Crippen LogP contribution in [0.15, 0.2) is 0 Å². The molecule has 3 heteroatoms. The Labute approximate surface area is 98.8 Å². The molecular formula is C13H26N2O. The monoisotopic (exact) mass is 226 g/mol. The van der Waals surface area contributed by atoms with Gasteiger partial charge in [0, 0.05) is 18.6 Å². The molecule has 16 heavy (non-hydrogen) atoms. The topological polar surface area (TPSA) is 58.3 Å². The van der Waals surface area contributed by atoms with E-state index in [1.54, 1.807) is 0 Å². The largest absolute Gasteiger partial charge is 0.389 e. The second-order valence-corrected chi connectivity index (χ2v) is 6.06. The Bertz CT molecular complexity index is 224. The van der Waals surface area contributed by atoms with Crippen LogP contribution in [-0.2, 0) is 0 Å². The molecule has 4 N–H and O–H groups in total. The highest BCUT2D eigenvalue weighted by Gasteiger charge is 2.32. The smallest absolute Gasteiger partial charge is 0.0771 e. The fourth-order valence-electron chi connectivity index (χ4n) is 3.01. The third-order valence-corrected chi connectivity index (χ3v) is 4.40. The van der Waals surface area contributed by atoms with E-state index >= 15 is 0 Å². The molecule has 2 saturated carbocycles. The Morgan fingerprint density at radius 2 is 1.94 bits per heavy atom. The zero-order valence-electron chi connectivity index (χ0n) is 10.4. The van der Waals surface area contributed by atoms with Crippen LogP contribution in [0.4, 0.5) is 0 Å². The van der Waals surface area contributed by atoms with Gasteiger partial charge in [-0.25, -0.2) is 0 Å². The van der Waals surface area contributed by atoms with Gasteiger partial charge in [-0.1, -0.05) is 6.92 Å². The minimum absolute atomic E-state index is 0.374. The predicted octanol–water partition coefficient (Wildman–Crippen LogP) is 1.40. The summed E-state index contributed by atoms with van der Waals surface area (Å²) in [7, 11) is 0. The molecular weight excluding hydrogens is 200 g/mol. The molecule has 0 aromatic rings. The van der Waals surface area contributed by atoms with Gasteiger partial charge in [0.15, 0.2) is 0 Å². The maximum atomic E-state index is 10.4. The summed E-state index contributed by atoms with van der Waals surface area (Å²) in [5, 5.41) is 13.9. The SMILES string of the molecule is CC1CCC(O)(CNC2CCC(N)C2)CC1. The van der Waals surface area contributed by atoms with Gasteiger partial charge < -0.3 is 16.2 Å². The summed E-state index contributed by atoms with van der Waals surface area (Å²) < 4.78 is 0. The number of nitrogens with two attached hydrogens (primary N) is 1.